The maximum Gasteiger partial charge on any atom is 0.122 e. The van der Waals surface area contributed by atoms with Gasteiger partial charge in [0.2, 0.25) is 0 Å². The molecule has 1 aliphatic heterocycles. The van der Waals surface area contributed by atoms with E-state index in [-0.39, 0.29) is 11.5 Å². The minimum absolute atomic E-state index is 0.105. The smallest absolute Gasteiger partial charge is 0.122 e. The Balaban J connectivity index is 1.53. The monoisotopic (exact) mass is 416 g/mol. The van der Waals surface area contributed by atoms with Crippen molar-refractivity contribution in [3.63, 3.8) is 0 Å². The Kier molecular flexibility index (Phi) is 6.78. The van der Waals surface area contributed by atoms with E-state index in [4.69, 9.17) is 15.2 Å². The van der Waals surface area contributed by atoms with Gasteiger partial charge in [0.1, 0.15) is 17.6 Å². The molecule has 3 N–H and O–H groups in total. The molecule has 3 aromatic carbocycles. The predicted octanol–water partition coefficient (Wildman–Crippen LogP) is 5.12. The van der Waals surface area contributed by atoms with Gasteiger partial charge in [-0.2, -0.15) is 0 Å². The Bertz CT molecular complexity index is 958. The molecule has 1 fully saturated rings. The molecule has 3 aromatic rings. The number of nitrogens with one attached hydrogen (secondary N) is 1. The van der Waals surface area contributed by atoms with Crippen LogP contribution in [0.15, 0.2) is 78.9 Å². The maximum atomic E-state index is 6.69. The van der Waals surface area contributed by atoms with Crippen molar-refractivity contribution >= 4 is 5.69 Å². The number of piperidine rings is 1. The van der Waals surface area contributed by atoms with Crippen molar-refractivity contribution < 1.29 is 9.47 Å². The number of anilines is 1. The van der Waals surface area contributed by atoms with Gasteiger partial charge in [0.25, 0.3) is 0 Å². The summed E-state index contributed by atoms with van der Waals surface area (Å²) in [6, 6.07) is 26.7. The van der Waals surface area contributed by atoms with Gasteiger partial charge in [0.05, 0.1) is 6.61 Å². The first kappa shape index (κ1) is 21.3. The Hall–Kier alpha value is -2.98. The van der Waals surface area contributed by atoms with E-state index in [2.05, 4.69) is 60.8 Å². The Morgan fingerprint density at radius 3 is 2.48 bits per heavy atom. The largest absolute Gasteiger partial charge is 0.494 e. The minimum atomic E-state index is -0.105. The lowest BCUT2D eigenvalue weighted by molar-refractivity contribution is 0.0627. The molecule has 2 atom stereocenters. The fourth-order valence-electron chi connectivity index (χ4n) is 4.54. The number of aryl methyl sites for hydroxylation is 1. The molecule has 4 heteroatoms. The number of ether oxygens (including phenoxy) is 2. The van der Waals surface area contributed by atoms with Crippen molar-refractivity contribution in [2.75, 3.05) is 25.4 Å². The first-order chi connectivity index (χ1) is 15.2. The topological polar surface area (TPSA) is 56.5 Å². The van der Waals surface area contributed by atoms with E-state index < -0.39 is 0 Å². The predicted molar refractivity (Wildman–Crippen MR) is 127 cm³/mol. The summed E-state index contributed by atoms with van der Waals surface area (Å²) in [6.45, 7) is 4.64. The summed E-state index contributed by atoms with van der Waals surface area (Å²) in [5, 5.41) is 3.63. The Labute approximate surface area is 185 Å². The van der Waals surface area contributed by atoms with Gasteiger partial charge in [-0.1, -0.05) is 48.5 Å². The quantitative estimate of drug-likeness (QED) is 0.395. The van der Waals surface area contributed by atoms with Crippen LogP contribution in [-0.4, -0.2) is 25.8 Å². The number of nitrogen functional groups attached to an aromatic ring is 1. The van der Waals surface area contributed by atoms with Crippen LogP contribution >= 0.6 is 0 Å². The second-order valence-corrected chi connectivity index (χ2v) is 8.38. The Morgan fingerprint density at radius 1 is 0.968 bits per heavy atom. The van der Waals surface area contributed by atoms with Gasteiger partial charge in [-0.15, -0.1) is 0 Å². The molecule has 0 radical (unpaired) electrons. The van der Waals surface area contributed by atoms with Crippen LogP contribution in [0.3, 0.4) is 0 Å². The van der Waals surface area contributed by atoms with Gasteiger partial charge in [0, 0.05) is 17.6 Å². The van der Waals surface area contributed by atoms with Crippen molar-refractivity contribution in [1.82, 2.24) is 5.32 Å². The van der Waals surface area contributed by atoms with E-state index in [0.29, 0.717) is 6.61 Å². The molecule has 0 amide bonds. The van der Waals surface area contributed by atoms with Crippen LogP contribution in [0.4, 0.5) is 5.69 Å². The molecule has 2 unspecified atom stereocenters. The number of nitrogens with two attached hydrogens (primary N) is 1. The van der Waals surface area contributed by atoms with Gasteiger partial charge in [-0.05, 0) is 74.2 Å². The third-order valence-electron chi connectivity index (χ3n) is 6.27. The SMILES string of the molecule is Cc1ccccc1OC1CCNCC1(CCCOc1ccc(N)cc1)c1ccccc1. The van der Waals surface area contributed by atoms with Crippen LogP contribution < -0.4 is 20.5 Å². The molecule has 0 aromatic heterocycles. The number of rotatable bonds is 8. The van der Waals surface area contributed by atoms with Gasteiger partial charge < -0.3 is 20.5 Å². The molecule has 1 aliphatic rings. The molecule has 0 aliphatic carbocycles. The first-order valence-electron chi connectivity index (χ1n) is 11.1. The number of benzene rings is 3. The summed E-state index contributed by atoms with van der Waals surface area (Å²) >= 11 is 0. The molecule has 4 nitrogen and oxygen atoms in total. The molecule has 0 spiro atoms. The molecule has 162 valence electrons. The van der Waals surface area contributed by atoms with Crippen LogP contribution in [0.25, 0.3) is 0 Å². The summed E-state index contributed by atoms with van der Waals surface area (Å²) in [7, 11) is 0. The second-order valence-electron chi connectivity index (χ2n) is 8.38. The lowest BCUT2D eigenvalue weighted by Gasteiger charge is -2.45. The average molecular weight is 417 g/mol. The summed E-state index contributed by atoms with van der Waals surface area (Å²) in [6.07, 6.45) is 3.00. The highest BCUT2D eigenvalue weighted by atomic mass is 16.5. The van der Waals surface area contributed by atoms with Crippen molar-refractivity contribution in [3.8, 4) is 11.5 Å². The van der Waals surface area contributed by atoms with Crippen molar-refractivity contribution in [3.05, 3.63) is 90.0 Å². The van der Waals surface area contributed by atoms with Crippen LogP contribution in [0.5, 0.6) is 11.5 Å². The zero-order chi connectivity index (χ0) is 21.5. The third kappa shape index (κ3) is 5.02. The van der Waals surface area contributed by atoms with Gasteiger partial charge >= 0.3 is 0 Å². The normalized spacial score (nSPS) is 20.9. The lowest BCUT2D eigenvalue weighted by atomic mass is 9.69. The molecular formula is C27H32N2O2. The zero-order valence-electron chi connectivity index (χ0n) is 18.2. The highest BCUT2D eigenvalue weighted by Gasteiger charge is 2.43. The van der Waals surface area contributed by atoms with E-state index in [1.54, 1.807) is 0 Å². The molecule has 0 saturated carbocycles. The van der Waals surface area contributed by atoms with Crippen molar-refractivity contribution in [2.45, 2.75) is 37.7 Å². The number of hydrogen-bond acceptors (Lipinski definition) is 4. The van der Waals surface area contributed by atoms with E-state index >= 15 is 0 Å². The summed E-state index contributed by atoms with van der Waals surface area (Å²) < 4.78 is 12.7. The standard InChI is InChI=1S/C27H32N2O2/c1-21-8-5-6-11-25(21)31-26-16-18-29-20-27(26,22-9-3-2-4-10-22)17-7-19-30-24-14-12-23(28)13-15-24/h2-6,8-15,26,29H,7,16-20,28H2,1H3. The second kappa shape index (κ2) is 9.88. The van der Waals surface area contributed by atoms with Crippen LogP contribution in [0, 0.1) is 6.92 Å². The van der Waals surface area contributed by atoms with Crippen molar-refractivity contribution in [2.24, 2.45) is 0 Å². The lowest BCUT2D eigenvalue weighted by Crippen LogP contribution is -2.55. The molecule has 0 bridgehead atoms. The fourth-order valence-corrected chi connectivity index (χ4v) is 4.54. The Morgan fingerprint density at radius 2 is 1.71 bits per heavy atom. The van der Waals surface area contributed by atoms with E-state index in [9.17, 15) is 0 Å². The highest BCUT2D eigenvalue weighted by Crippen LogP contribution is 2.39. The number of hydrogen-bond donors (Lipinski definition) is 2. The minimum Gasteiger partial charge on any atom is -0.494 e. The molecule has 31 heavy (non-hydrogen) atoms. The summed E-state index contributed by atoms with van der Waals surface area (Å²) in [4.78, 5) is 0. The summed E-state index contributed by atoms with van der Waals surface area (Å²) in [5.41, 5.74) is 8.92. The zero-order valence-corrected chi connectivity index (χ0v) is 18.2. The number of para-hydroxylation sites is 1. The van der Waals surface area contributed by atoms with Gasteiger partial charge in [-0.25, -0.2) is 0 Å². The molecule has 1 heterocycles. The van der Waals surface area contributed by atoms with Gasteiger partial charge in [0.15, 0.2) is 0 Å². The first-order valence-corrected chi connectivity index (χ1v) is 11.1. The van der Waals surface area contributed by atoms with Crippen LogP contribution in [0.1, 0.15) is 30.4 Å². The third-order valence-corrected chi connectivity index (χ3v) is 6.27. The maximum absolute atomic E-state index is 6.69. The molecule has 1 saturated heterocycles. The molecule has 4 rings (SSSR count). The highest BCUT2D eigenvalue weighted by molar-refractivity contribution is 5.41. The van der Waals surface area contributed by atoms with Gasteiger partial charge in [-0.3, -0.25) is 0 Å². The van der Waals surface area contributed by atoms with E-state index in [1.165, 1.54) is 11.1 Å². The molecular weight excluding hydrogens is 384 g/mol. The van der Waals surface area contributed by atoms with Crippen LogP contribution in [0.2, 0.25) is 0 Å². The van der Waals surface area contributed by atoms with E-state index in [1.807, 2.05) is 30.3 Å². The summed E-state index contributed by atoms with van der Waals surface area (Å²) in [5.74, 6) is 1.84. The van der Waals surface area contributed by atoms with Crippen LogP contribution in [-0.2, 0) is 5.41 Å². The van der Waals surface area contributed by atoms with Crippen molar-refractivity contribution in [1.29, 1.82) is 0 Å². The average Bonchev–Trinajstić information content (AvgIpc) is 2.81. The van der Waals surface area contributed by atoms with E-state index in [0.717, 1.165) is 49.5 Å². The fraction of sp³-hybridized carbons (Fsp3) is 0.333.